The molecule has 11 N–H and O–H groups in total. The van der Waals surface area contributed by atoms with Gasteiger partial charge in [0.15, 0.2) is 0 Å². The molecule has 0 unspecified atom stereocenters. The molecule has 0 aliphatic carbocycles. The Morgan fingerprint density at radius 2 is 1.04 bits per heavy atom. The van der Waals surface area contributed by atoms with Gasteiger partial charge < -0.3 is 79.5 Å². The highest BCUT2D eigenvalue weighted by molar-refractivity contribution is 6.06. The maximum absolute atomic E-state index is 11.4. The molecule has 16 nitrogen and oxygen atoms in total. The van der Waals surface area contributed by atoms with Gasteiger partial charge in [0, 0.05) is 17.2 Å². The molecule has 2 aliphatic heterocycles. The summed E-state index contributed by atoms with van der Waals surface area (Å²) < 4.78 is 28.6. The predicted octanol–water partition coefficient (Wildman–Crippen LogP) is 1.41. The van der Waals surface area contributed by atoms with Crippen LogP contribution in [0.2, 0.25) is 0 Å². The maximum atomic E-state index is 11.4. The summed E-state index contributed by atoms with van der Waals surface area (Å²) in [4.78, 5) is 0. The molecule has 0 bridgehead atoms. The van der Waals surface area contributed by atoms with Crippen LogP contribution in [0.1, 0.15) is 11.1 Å². The second-order valence-corrected chi connectivity index (χ2v) is 13.5. The van der Waals surface area contributed by atoms with E-state index in [-0.39, 0.29) is 40.1 Å². The molecule has 0 amide bonds. The van der Waals surface area contributed by atoms with Crippen molar-refractivity contribution in [2.75, 3.05) is 13.2 Å². The second-order valence-electron chi connectivity index (χ2n) is 13.5. The molecular formula is C40H40O16. The monoisotopic (exact) mass is 776 g/mol. The second kappa shape index (κ2) is 16.1. The van der Waals surface area contributed by atoms with Gasteiger partial charge in [0.05, 0.1) is 18.6 Å². The number of phenols is 3. The summed E-state index contributed by atoms with van der Waals surface area (Å²) in [5.41, 5.74) is 2.71. The molecule has 4 aromatic carbocycles. The lowest BCUT2D eigenvalue weighted by molar-refractivity contribution is -0.277. The Morgan fingerprint density at radius 3 is 1.55 bits per heavy atom. The summed E-state index contributed by atoms with van der Waals surface area (Å²) in [5, 5.41) is 112. The third-order valence-electron chi connectivity index (χ3n) is 9.65. The molecular weight excluding hydrogens is 736 g/mol. The zero-order chi connectivity index (χ0) is 39.8. The van der Waals surface area contributed by atoms with Crippen LogP contribution in [0.3, 0.4) is 0 Å². The molecule has 16 heteroatoms. The van der Waals surface area contributed by atoms with Gasteiger partial charge in [0.1, 0.15) is 88.9 Å². The van der Waals surface area contributed by atoms with Crippen molar-refractivity contribution in [3.8, 4) is 51.2 Å². The first-order chi connectivity index (χ1) is 26.8. The van der Waals surface area contributed by atoms with E-state index < -0.39 is 74.6 Å². The van der Waals surface area contributed by atoms with Gasteiger partial charge in [-0.25, -0.2) is 0 Å². The van der Waals surface area contributed by atoms with Gasteiger partial charge >= 0.3 is 0 Å². The molecule has 2 saturated heterocycles. The highest BCUT2D eigenvalue weighted by Crippen LogP contribution is 2.47. The minimum Gasteiger partial charge on any atom is -0.508 e. The highest BCUT2D eigenvalue weighted by Gasteiger charge is 2.46. The summed E-state index contributed by atoms with van der Waals surface area (Å²) in [6, 6.07) is 20.1. The topological polar surface area (TPSA) is 273 Å². The fourth-order valence-electron chi connectivity index (χ4n) is 6.67. The molecule has 3 heterocycles. The lowest BCUT2D eigenvalue weighted by Gasteiger charge is -2.39. The van der Waals surface area contributed by atoms with Gasteiger partial charge in [-0.2, -0.15) is 0 Å². The van der Waals surface area contributed by atoms with Gasteiger partial charge in [-0.15, -0.1) is 0 Å². The number of aromatic hydroxyl groups is 3. The fourth-order valence-corrected chi connectivity index (χ4v) is 6.67. The molecule has 7 rings (SSSR count). The van der Waals surface area contributed by atoms with E-state index in [0.717, 1.165) is 6.07 Å². The third kappa shape index (κ3) is 7.75. The molecule has 296 valence electrons. The molecule has 0 spiro atoms. The van der Waals surface area contributed by atoms with Gasteiger partial charge in [-0.3, -0.25) is 0 Å². The van der Waals surface area contributed by atoms with Gasteiger partial charge in [0.25, 0.3) is 0 Å². The van der Waals surface area contributed by atoms with Crippen LogP contribution in [0, 0.1) is 0 Å². The summed E-state index contributed by atoms with van der Waals surface area (Å²) in [6.07, 6.45) is -11.0. The first-order valence-corrected chi connectivity index (χ1v) is 17.5. The van der Waals surface area contributed by atoms with Crippen molar-refractivity contribution in [3.05, 3.63) is 90.0 Å². The zero-order valence-electron chi connectivity index (χ0n) is 29.3. The smallest absolute Gasteiger partial charge is 0.229 e. The molecule has 0 saturated carbocycles. The number of fused-ring (bicyclic) bond motifs is 1. The Hall–Kier alpha value is -5.24. The summed E-state index contributed by atoms with van der Waals surface area (Å²) in [5.74, 6) is 0.123. The Balaban J connectivity index is 1.15. The number of aliphatic hydroxyl groups is 8. The van der Waals surface area contributed by atoms with Gasteiger partial charge in [-0.05, 0) is 77.4 Å². The van der Waals surface area contributed by atoms with Crippen LogP contribution in [0.25, 0.3) is 45.6 Å². The van der Waals surface area contributed by atoms with E-state index in [2.05, 4.69) is 0 Å². The van der Waals surface area contributed by atoms with Crippen LogP contribution >= 0.6 is 0 Å². The normalized spacial score (nSPS) is 28.1. The van der Waals surface area contributed by atoms with Crippen LogP contribution in [0.5, 0.6) is 28.7 Å². The Bertz CT molecular complexity index is 2140. The fraction of sp³-hybridized carbons (Fsp3) is 0.300. The van der Waals surface area contributed by atoms with E-state index in [9.17, 15) is 56.2 Å². The predicted molar refractivity (Wildman–Crippen MR) is 196 cm³/mol. The molecule has 1 aromatic heterocycles. The molecule has 0 radical (unpaired) electrons. The zero-order valence-corrected chi connectivity index (χ0v) is 29.3. The molecule has 10 atom stereocenters. The van der Waals surface area contributed by atoms with E-state index in [1.807, 2.05) is 0 Å². The number of furan rings is 1. The number of benzene rings is 4. The van der Waals surface area contributed by atoms with Crippen molar-refractivity contribution < 1.29 is 79.5 Å². The van der Waals surface area contributed by atoms with Crippen LogP contribution in [-0.4, -0.2) is 131 Å². The molecule has 2 fully saturated rings. The quantitative estimate of drug-likeness (QED) is 0.0895. The first kappa shape index (κ1) is 39.0. The number of phenolic OH excluding ortho intramolecular Hbond substituents is 3. The van der Waals surface area contributed by atoms with Crippen molar-refractivity contribution in [2.45, 2.75) is 61.4 Å². The third-order valence-corrected chi connectivity index (χ3v) is 9.65. The number of ether oxygens (including phenoxy) is 4. The van der Waals surface area contributed by atoms with Crippen LogP contribution in [0.15, 0.2) is 83.3 Å². The Labute approximate surface area is 318 Å². The van der Waals surface area contributed by atoms with Crippen LogP contribution in [0.4, 0.5) is 0 Å². The minimum atomic E-state index is -1.62. The maximum Gasteiger partial charge on any atom is 0.229 e. The lowest BCUT2D eigenvalue weighted by Crippen LogP contribution is -2.60. The number of aliphatic hydroxyl groups excluding tert-OH is 8. The van der Waals surface area contributed by atoms with Gasteiger partial charge in [0.2, 0.25) is 12.6 Å². The molecule has 2 aliphatic rings. The van der Waals surface area contributed by atoms with E-state index in [0.29, 0.717) is 33.2 Å². The minimum absolute atomic E-state index is 0.166. The van der Waals surface area contributed by atoms with Crippen molar-refractivity contribution >= 4 is 23.1 Å². The Kier molecular flexibility index (Phi) is 11.2. The van der Waals surface area contributed by atoms with E-state index in [1.54, 1.807) is 54.6 Å². The van der Waals surface area contributed by atoms with Crippen molar-refractivity contribution in [1.29, 1.82) is 0 Å². The van der Waals surface area contributed by atoms with E-state index in [4.69, 9.17) is 23.4 Å². The SMILES string of the molecule is OC[C@H]1O[C@@H](Oc2ccc(/C=C/c3cc(O)c4c(-c5cc(O)cc(O)c5)c(-c5ccc(O[C@@H]6O[C@H](CO)[C@@H](O)[C@H](O)[C@H]6O)cc5)oc4c3)cc2)[C@H](O)[C@@H](O)[C@@H]1O. The van der Waals surface area contributed by atoms with Crippen LogP contribution in [-0.2, 0) is 9.47 Å². The summed E-state index contributed by atoms with van der Waals surface area (Å²) >= 11 is 0. The van der Waals surface area contributed by atoms with Gasteiger partial charge in [-0.1, -0.05) is 24.3 Å². The first-order valence-electron chi connectivity index (χ1n) is 17.5. The van der Waals surface area contributed by atoms with E-state index in [1.165, 1.54) is 30.3 Å². The lowest BCUT2D eigenvalue weighted by atomic mass is 9.96. The number of rotatable bonds is 10. The molecule has 56 heavy (non-hydrogen) atoms. The average molecular weight is 777 g/mol. The van der Waals surface area contributed by atoms with E-state index >= 15 is 0 Å². The Morgan fingerprint density at radius 1 is 0.536 bits per heavy atom. The van der Waals surface area contributed by atoms with Crippen molar-refractivity contribution in [3.63, 3.8) is 0 Å². The summed E-state index contributed by atoms with van der Waals surface area (Å²) in [7, 11) is 0. The largest absolute Gasteiger partial charge is 0.508 e. The average Bonchev–Trinajstić information content (AvgIpc) is 3.58. The van der Waals surface area contributed by atoms with Crippen LogP contribution < -0.4 is 9.47 Å². The number of hydrogen-bond donors (Lipinski definition) is 11. The molecule has 5 aromatic rings. The van der Waals surface area contributed by atoms with Crippen molar-refractivity contribution in [1.82, 2.24) is 0 Å². The number of hydrogen-bond acceptors (Lipinski definition) is 16. The highest BCUT2D eigenvalue weighted by atomic mass is 16.7. The standard InChI is InChI=1S/C40H40O16/c41-16-28-32(46)34(48)36(50)39(55-28)52-24-7-3-18(4-8-24)1-2-19-11-26(45)31-27(12-19)54-38(30(31)21-13-22(43)15-23(44)14-21)20-5-9-25(10-6-20)53-40-37(51)35(49)33(47)29(17-42)56-40/h1-15,28-29,32-37,39-51H,16-17H2/b2-1+/t28-,29-,32-,33-,34+,35+,36-,37-,39-,40-/m1/s1. The summed E-state index contributed by atoms with van der Waals surface area (Å²) in [6.45, 7) is -1.21. The van der Waals surface area contributed by atoms with Crippen molar-refractivity contribution in [2.24, 2.45) is 0 Å².